The lowest BCUT2D eigenvalue weighted by Gasteiger charge is -2.17. The Balaban J connectivity index is 2.16. The van der Waals surface area contributed by atoms with E-state index in [9.17, 15) is 14.9 Å². The summed E-state index contributed by atoms with van der Waals surface area (Å²) in [5.74, 6) is -0.138. The van der Waals surface area contributed by atoms with Gasteiger partial charge in [-0.25, -0.2) is 0 Å². The molecule has 0 heterocycles. The molecule has 0 spiro atoms. The lowest BCUT2D eigenvalue weighted by Crippen LogP contribution is -2.34. The van der Waals surface area contributed by atoms with Crippen LogP contribution in [0.4, 0.5) is 11.4 Å². The number of nitrogens with one attached hydrogen (secondary N) is 2. The average molecular weight is 371 g/mol. The molecule has 0 saturated carbocycles. The number of carbonyl (C=O) groups is 1. The molecule has 0 aromatic heterocycles. The van der Waals surface area contributed by atoms with Crippen molar-refractivity contribution in [3.8, 4) is 0 Å². The van der Waals surface area contributed by atoms with E-state index in [1.807, 2.05) is 24.3 Å². The Morgan fingerprint density at radius 2 is 1.92 bits per heavy atom. The van der Waals surface area contributed by atoms with Gasteiger partial charge in [0.05, 0.1) is 4.92 Å². The SMILES string of the molecule is CC[C@@H](C)c1ccccc1NC(=S)NC(=O)c1cccc([N+](=O)[O-])c1C. The predicted octanol–water partition coefficient (Wildman–Crippen LogP) is 4.54. The summed E-state index contributed by atoms with van der Waals surface area (Å²) >= 11 is 5.25. The van der Waals surface area contributed by atoms with Crippen molar-refractivity contribution < 1.29 is 9.72 Å². The minimum Gasteiger partial charge on any atom is -0.332 e. The maximum atomic E-state index is 12.5. The third-order valence-corrected chi connectivity index (χ3v) is 4.53. The fourth-order valence-corrected chi connectivity index (χ4v) is 2.85. The van der Waals surface area contributed by atoms with Gasteiger partial charge in [0.2, 0.25) is 0 Å². The van der Waals surface area contributed by atoms with Crippen molar-refractivity contribution in [2.45, 2.75) is 33.1 Å². The van der Waals surface area contributed by atoms with Gasteiger partial charge in [-0.15, -0.1) is 0 Å². The molecular weight excluding hydrogens is 350 g/mol. The highest BCUT2D eigenvalue weighted by Crippen LogP contribution is 2.26. The molecule has 2 N–H and O–H groups in total. The highest BCUT2D eigenvalue weighted by Gasteiger charge is 2.19. The molecule has 7 heteroatoms. The Labute approximate surface area is 157 Å². The smallest absolute Gasteiger partial charge is 0.273 e. The van der Waals surface area contributed by atoms with E-state index in [1.165, 1.54) is 18.2 Å². The molecule has 136 valence electrons. The number of nitro benzene ring substituents is 1. The molecule has 2 aromatic carbocycles. The average Bonchev–Trinajstić information content (AvgIpc) is 2.61. The van der Waals surface area contributed by atoms with Gasteiger partial charge in [-0.05, 0) is 49.2 Å². The number of hydrogen-bond donors (Lipinski definition) is 2. The first kappa shape index (κ1) is 19.5. The molecule has 0 aliphatic heterocycles. The van der Waals surface area contributed by atoms with Crippen LogP contribution in [-0.2, 0) is 0 Å². The van der Waals surface area contributed by atoms with Gasteiger partial charge in [0.25, 0.3) is 11.6 Å². The summed E-state index contributed by atoms with van der Waals surface area (Å²) in [6.07, 6.45) is 0.977. The Bertz CT molecular complexity index is 852. The second-order valence-electron chi connectivity index (χ2n) is 6.01. The number of nitro groups is 1. The van der Waals surface area contributed by atoms with Crippen LogP contribution in [0.1, 0.15) is 47.7 Å². The van der Waals surface area contributed by atoms with Crippen LogP contribution in [0.3, 0.4) is 0 Å². The Morgan fingerprint density at radius 3 is 2.58 bits per heavy atom. The third-order valence-electron chi connectivity index (χ3n) is 4.33. The molecule has 0 bridgehead atoms. The second-order valence-corrected chi connectivity index (χ2v) is 6.42. The number of amides is 1. The molecule has 0 radical (unpaired) electrons. The Morgan fingerprint density at radius 1 is 1.23 bits per heavy atom. The van der Waals surface area contributed by atoms with E-state index in [0.29, 0.717) is 11.5 Å². The van der Waals surface area contributed by atoms with Crippen molar-refractivity contribution in [1.29, 1.82) is 0 Å². The first-order valence-electron chi connectivity index (χ1n) is 8.30. The third kappa shape index (κ3) is 4.43. The summed E-state index contributed by atoms with van der Waals surface area (Å²) in [5, 5.41) is 16.8. The first-order chi connectivity index (χ1) is 12.3. The van der Waals surface area contributed by atoms with E-state index in [2.05, 4.69) is 24.5 Å². The van der Waals surface area contributed by atoms with Gasteiger partial charge >= 0.3 is 0 Å². The lowest BCUT2D eigenvalue weighted by atomic mass is 9.97. The zero-order chi connectivity index (χ0) is 19.3. The summed E-state index contributed by atoms with van der Waals surface area (Å²) in [7, 11) is 0. The first-order valence-corrected chi connectivity index (χ1v) is 8.71. The monoisotopic (exact) mass is 371 g/mol. The number of para-hydroxylation sites is 1. The van der Waals surface area contributed by atoms with Crippen molar-refractivity contribution >= 4 is 34.6 Å². The zero-order valence-corrected chi connectivity index (χ0v) is 15.7. The second kappa shape index (κ2) is 8.53. The topological polar surface area (TPSA) is 84.3 Å². The summed E-state index contributed by atoms with van der Waals surface area (Å²) in [4.78, 5) is 23.0. The fourth-order valence-electron chi connectivity index (χ4n) is 2.65. The van der Waals surface area contributed by atoms with Gasteiger partial charge in [-0.1, -0.05) is 38.1 Å². The Kier molecular flexibility index (Phi) is 6.41. The number of rotatable bonds is 5. The molecule has 0 aliphatic rings. The van der Waals surface area contributed by atoms with Gasteiger partial charge in [-0.3, -0.25) is 20.2 Å². The lowest BCUT2D eigenvalue weighted by molar-refractivity contribution is -0.385. The maximum Gasteiger partial charge on any atom is 0.273 e. The van der Waals surface area contributed by atoms with Crippen LogP contribution < -0.4 is 10.6 Å². The van der Waals surface area contributed by atoms with Gasteiger partial charge in [0.1, 0.15) is 0 Å². The molecular formula is C19H21N3O3S. The largest absolute Gasteiger partial charge is 0.332 e. The van der Waals surface area contributed by atoms with Crippen LogP contribution in [0.25, 0.3) is 0 Å². The minimum atomic E-state index is -0.509. The number of thiocarbonyl (C=S) groups is 1. The normalized spacial score (nSPS) is 11.5. The van der Waals surface area contributed by atoms with Crippen molar-refractivity contribution in [3.05, 3.63) is 69.3 Å². The van der Waals surface area contributed by atoms with Gasteiger partial charge in [-0.2, -0.15) is 0 Å². The molecule has 0 unspecified atom stereocenters. The molecule has 0 saturated heterocycles. The maximum absolute atomic E-state index is 12.5. The van der Waals surface area contributed by atoms with Crippen LogP contribution in [0.15, 0.2) is 42.5 Å². The number of carbonyl (C=O) groups excluding carboxylic acids is 1. The number of hydrogen-bond acceptors (Lipinski definition) is 4. The van der Waals surface area contributed by atoms with Crippen LogP contribution in [0.2, 0.25) is 0 Å². The van der Waals surface area contributed by atoms with Crippen molar-refractivity contribution in [3.63, 3.8) is 0 Å². The molecule has 0 aliphatic carbocycles. The van der Waals surface area contributed by atoms with E-state index in [-0.39, 0.29) is 16.4 Å². The van der Waals surface area contributed by atoms with Gasteiger partial charge in [0, 0.05) is 22.9 Å². The van der Waals surface area contributed by atoms with E-state index >= 15 is 0 Å². The minimum absolute atomic E-state index is 0.0985. The van der Waals surface area contributed by atoms with Crippen LogP contribution in [0.5, 0.6) is 0 Å². The molecule has 6 nitrogen and oxygen atoms in total. The van der Waals surface area contributed by atoms with E-state index in [4.69, 9.17) is 12.2 Å². The highest BCUT2D eigenvalue weighted by molar-refractivity contribution is 7.80. The predicted molar refractivity (Wildman–Crippen MR) is 107 cm³/mol. The number of nitrogens with zero attached hydrogens (tertiary/aromatic N) is 1. The standard InChI is InChI=1S/C19H21N3O3S/c1-4-12(2)14-8-5-6-10-16(14)20-19(26)21-18(23)15-9-7-11-17(13(15)3)22(24)25/h5-12H,4H2,1-3H3,(H2,20,21,23,26)/t12-/m1/s1. The zero-order valence-electron chi connectivity index (χ0n) is 14.9. The quantitative estimate of drug-likeness (QED) is 0.458. The molecule has 2 rings (SSSR count). The summed E-state index contributed by atoms with van der Waals surface area (Å²) < 4.78 is 0. The fraction of sp³-hybridized carbons (Fsp3) is 0.263. The van der Waals surface area contributed by atoms with Crippen LogP contribution in [0, 0.1) is 17.0 Å². The van der Waals surface area contributed by atoms with Crippen LogP contribution in [-0.4, -0.2) is 15.9 Å². The Hall–Kier alpha value is -2.80. The van der Waals surface area contributed by atoms with Crippen molar-refractivity contribution in [2.75, 3.05) is 5.32 Å². The van der Waals surface area contributed by atoms with Crippen molar-refractivity contribution in [1.82, 2.24) is 5.32 Å². The van der Waals surface area contributed by atoms with Crippen molar-refractivity contribution in [2.24, 2.45) is 0 Å². The van der Waals surface area contributed by atoms with Gasteiger partial charge in [0.15, 0.2) is 5.11 Å². The molecule has 1 atom stereocenters. The molecule has 1 amide bonds. The summed E-state index contributed by atoms with van der Waals surface area (Å²) in [6.45, 7) is 5.77. The van der Waals surface area contributed by atoms with E-state index in [0.717, 1.165) is 17.7 Å². The number of benzene rings is 2. The van der Waals surface area contributed by atoms with E-state index in [1.54, 1.807) is 6.92 Å². The molecule has 0 fully saturated rings. The van der Waals surface area contributed by atoms with E-state index < -0.39 is 10.8 Å². The van der Waals surface area contributed by atoms with Crippen LogP contribution >= 0.6 is 12.2 Å². The molecule has 2 aromatic rings. The summed E-state index contributed by atoms with van der Waals surface area (Å²) in [5.41, 5.74) is 2.37. The number of anilines is 1. The molecule has 26 heavy (non-hydrogen) atoms. The highest BCUT2D eigenvalue weighted by atomic mass is 32.1. The summed E-state index contributed by atoms with van der Waals surface area (Å²) in [6, 6.07) is 12.2. The van der Waals surface area contributed by atoms with Gasteiger partial charge < -0.3 is 5.32 Å².